The second kappa shape index (κ2) is 6.93. The Kier molecular flexibility index (Phi) is 4.53. The normalized spacial score (nSPS) is 10.3. The lowest BCUT2D eigenvalue weighted by Gasteiger charge is -2.10. The maximum Gasteiger partial charge on any atom is 0.252 e. The zero-order valence-electron chi connectivity index (χ0n) is 13.1. The van der Waals surface area contributed by atoms with Crippen LogP contribution in [-0.2, 0) is 6.54 Å². The molecule has 1 amide bonds. The van der Waals surface area contributed by atoms with Crippen molar-refractivity contribution in [3.63, 3.8) is 0 Å². The van der Waals surface area contributed by atoms with E-state index in [1.165, 1.54) is 5.56 Å². The molecule has 3 aromatic rings. The fourth-order valence-electron chi connectivity index (χ4n) is 2.53. The number of hydrogen-bond acceptors (Lipinski definition) is 1. The van der Waals surface area contributed by atoms with Crippen LogP contribution in [0.2, 0.25) is 0 Å². The van der Waals surface area contributed by atoms with Gasteiger partial charge in [0.2, 0.25) is 0 Å². The van der Waals surface area contributed by atoms with Crippen LogP contribution in [0.25, 0.3) is 11.1 Å². The lowest BCUT2D eigenvalue weighted by atomic mass is 9.99. The molecule has 0 bridgehead atoms. The molecule has 0 atom stereocenters. The predicted octanol–water partition coefficient (Wildman–Crippen LogP) is 4.59. The van der Waals surface area contributed by atoms with Crippen molar-refractivity contribution in [3.05, 3.63) is 95.6 Å². The molecule has 0 saturated carbocycles. The molecule has 0 fully saturated rings. The summed E-state index contributed by atoms with van der Waals surface area (Å²) in [4.78, 5) is 12.6. The fraction of sp³-hybridized carbons (Fsp3) is 0.0952. The average Bonchev–Trinajstić information content (AvgIpc) is 2.62. The summed E-state index contributed by atoms with van der Waals surface area (Å²) in [6.45, 7) is 2.58. The summed E-state index contributed by atoms with van der Waals surface area (Å²) in [6.07, 6.45) is 0. The third-order valence-corrected chi connectivity index (χ3v) is 3.83. The molecule has 3 rings (SSSR count). The number of nitrogens with one attached hydrogen (secondary N) is 1. The SMILES string of the molecule is Cc1ccc(CNC(=O)c2ccccc2-c2ccccc2)cc1. The monoisotopic (exact) mass is 301 g/mol. The molecule has 114 valence electrons. The Labute approximate surface area is 136 Å². The van der Waals surface area contributed by atoms with E-state index in [4.69, 9.17) is 0 Å². The topological polar surface area (TPSA) is 29.1 Å². The summed E-state index contributed by atoms with van der Waals surface area (Å²) in [6, 6.07) is 25.9. The van der Waals surface area contributed by atoms with Crippen molar-refractivity contribution in [2.24, 2.45) is 0 Å². The Morgan fingerprint density at radius 3 is 2.22 bits per heavy atom. The zero-order valence-corrected chi connectivity index (χ0v) is 13.1. The summed E-state index contributed by atoms with van der Waals surface area (Å²) in [5, 5.41) is 3.01. The molecule has 2 nitrogen and oxygen atoms in total. The fourth-order valence-corrected chi connectivity index (χ4v) is 2.53. The Bertz CT molecular complexity index is 792. The Morgan fingerprint density at radius 2 is 1.48 bits per heavy atom. The summed E-state index contributed by atoms with van der Waals surface area (Å²) in [7, 11) is 0. The van der Waals surface area contributed by atoms with Gasteiger partial charge >= 0.3 is 0 Å². The Balaban J connectivity index is 1.79. The summed E-state index contributed by atoms with van der Waals surface area (Å²) in [5.41, 5.74) is 5.02. The molecule has 0 spiro atoms. The van der Waals surface area contributed by atoms with E-state index in [0.717, 1.165) is 16.7 Å². The number of carbonyl (C=O) groups excluding carboxylic acids is 1. The van der Waals surface area contributed by atoms with Crippen molar-refractivity contribution in [2.75, 3.05) is 0 Å². The molecule has 0 aromatic heterocycles. The molecular formula is C21H19NO. The van der Waals surface area contributed by atoms with Crippen LogP contribution in [0.4, 0.5) is 0 Å². The minimum absolute atomic E-state index is 0.0509. The Morgan fingerprint density at radius 1 is 0.826 bits per heavy atom. The van der Waals surface area contributed by atoms with Crippen molar-refractivity contribution in [1.82, 2.24) is 5.32 Å². The van der Waals surface area contributed by atoms with Crippen LogP contribution >= 0.6 is 0 Å². The van der Waals surface area contributed by atoms with Crippen LogP contribution in [0.1, 0.15) is 21.5 Å². The van der Waals surface area contributed by atoms with Gasteiger partial charge in [-0.2, -0.15) is 0 Å². The first-order valence-electron chi connectivity index (χ1n) is 7.72. The smallest absolute Gasteiger partial charge is 0.252 e. The quantitative estimate of drug-likeness (QED) is 0.750. The van der Waals surface area contributed by atoms with Crippen molar-refractivity contribution in [3.8, 4) is 11.1 Å². The van der Waals surface area contributed by atoms with Gasteiger partial charge in [-0.15, -0.1) is 0 Å². The maximum absolute atomic E-state index is 12.6. The largest absolute Gasteiger partial charge is 0.348 e. The first-order chi connectivity index (χ1) is 11.2. The molecular weight excluding hydrogens is 282 g/mol. The number of rotatable bonds is 4. The van der Waals surface area contributed by atoms with Gasteiger partial charge in [0.15, 0.2) is 0 Å². The number of aryl methyl sites for hydroxylation is 1. The van der Waals surface area contributed by atoms with Gasteiger partial charge in [0.1, 0.15) is 0 Å². The van der Waals surface area contributed by atoms with E-state index in [-0.39, 0.29) is 5.91 Å². The van der Waals surface area contributed by atoms with Crippen LogP contribution in [0.3, 0.4) is 0 Å². The minimum Gasteiger partial charge on any atom is -0.348 e. The second-order valence-electron chi connectivity index (χ2n) is 5.58. The lowest BCUT2D eigenvalue weighted by molar-refractivity contribution is 0.0951. The third-order valence-electron chi connectivity index (χ3n) is 3.83. The molecule has 0 heterocycles. The highest BCUT2D eigenvalue weighted by molar-refractivity contribution is 6.00. The van der Waals surface area contributed by atoms with E-state index < -0.39 is 0 Å². The third kappa shape index (κ3) is 3.67. The molecule has 0 saturated heterocycles. The molecule has 0 aliphatic carbocycles. The molecule has 1 N–H and O–H groups in total. The van der Waals surface area contributed by atoms with Gasteiger partial charge in [-0.05, 0) is 29.7 Å². The average molecular weight is 301 g/mol. The van der Waals surface area contributed by atoms with E-state index in [1.807, 2.05) is 66.7 Å². The molecule has 0 aliphatic rings. The van der Waals surface area contributed by atoms with Crippen LogP contribution in [0.5, 0.6) is 0 Å². The van der Waals surface area contributed by atoms with Crippen molar-refractivity contribution in [1.29, 1.82) is 0 Å². The standard InChI is InChI=1S/C21H19NO/c1-16-11-13-17(14-12-16)15-22-21(23)20-10-6-5-9-19(20)18-7-3-2-4-8-18/h2-14H,15H2,1H3,(H,22,23). The van der Waals surface area contributed by atoms with E-state index in [0.29, 0.717) is 12.1 Å². The minimum atomic E-state index is -0.0509. The van der Waals surface area contributed by atoms with Crippen LogP contribution in [0.15, 0.2) is 78.9 Å². The highest BCUT2D eigenvalue weighted by Gasteiger charge is 2.11. The van der Waals surface area contributed by atoms with Gasteiger partial charge in [0.25, 0.3) is 5.91 Å². The molecule has 2 heteroatoms. The molecule has 23 heavy (non-hydrogen) atoms. The van der Waals surface area contributed by atoms with Gasteiger partial charge in [0.05, 0.1) is 0 Å². The molecule has 3 aromatic carbocycles. The van der Waals surface area contributed by atoms with Gasteiger partial charge in [-0.25, -0.2) is 0 Å². The van der Waals surface area contributed by atoms with Crippen LogP contribution < -0.4 is 5.32 Å². The second-order valence-corrected chi connectivity index (χ2v) is 5.58. The molecule has 0 radical (unpaired) electrons. The van der Waals surface area contributed by atoms with Gasteiger partial charge in [0, 0.05) is 12.1 Å². The summed E-state index contributed by atoms with van der Waals surface area (Å²) < 4.78 is 0. The van der Waals surface area contributed by atoms with Crippen molar-refractivity contribution < 1.29 is 4.79 Å². The number of amides is 1. The molecule has 0 aliphatic heterocycles. The van der Waals surface area contributed by atoms with E-state index >= 15 is 0 Å². The lowest BCUT2D eigenvalue weighted by Crippen LogP contribution is -2.23. The molecule has 0 unspecified atom stereocenters. The first-order valence-corrected chi connectivity index (χ1v) is 7.72. The van der Waals surface area contributed by atoms with E-state index in [9.17, 15) is 4.79 Å². The number of carbonyl (C=O) groups is 1. The van der Waals surface area contributed by atoms with Crippen molar-refractivity contribution in [2.45, 2.75) is 13.5 Å². The maximum atomic E-state index is 12.6. The van der Waals surface area contributed by atoms with Crippen molar-refractivity contribution >= 4 is 5.91 Å². The van der Waals surface area contributed by atoms with E-state index in [2.05, 4.69) is 24.4 Å². The summed E-state index contributed by atoms with van der Waals surface area (Å²) >= 11 is 0. The van der Waals surface area contributed by atoms with Gasteiger partial charge in [-0.3, -0.25) is 4.79 Å². The zero-order chi connectivity index (χ0) is 16.1. The van der Waals surface area contributed by atoms with Crippen LogP contribution in [-0.4, -0.2) is 5.91 Å². The van der Waals surface area contributed by atoms with Gasteiger partial charge in [-0.1, -0.05) is 78.4 Å². The summed E-state index contributed by atoms with van der Waals surface area (Å²) in [5.74, 6) is -0.0509. The first kappa shape index (κ1) is 15.0. The highest BCUT2D eigenvalue weighted by Crippen LogP contribution is 2.23. The van der Waals surface area contributed by atoms with E-state index in [1.54, 1.807) is 0 Å². The van der Waals surface area contributed by atoms with Gasteiger partial charge < -0.3 is 5.32 Å². The predicted molar refractivity (Wildman–Crippen MR) is 94.2 cm³/mol. The highest BCUT2D eigenvalue weighted by atomic mass is 16.1. The number of benzene rings is 3. The van der Waals surface area contributed by atoms with Crippen LogP contribution in [0, 0.1) is 6.92 Å². The Hall–Kier alpha value is -2.87. The number of hydrogen-bond donors (Lipinski definition) is 1.